The summed E-state index contributed by atoms with van der Waals surface area (Å²) >= 11 is 0. The van der Waals surface area contributed by atoms with Crippen molar-refractivity contribution in [3.05, 3.63) is 35.9 Å². The van der Waals surface area contributed by atoms with Gasteiger partial charge in [0.05, 0.1) is 6.61 Å². The summed E-state index contributed by atoms with van der Waals surface area (Å²) in [5, 5.41) is 58.5. The van der Waals surface area contributed by atoms with Crippen LogP contribution in [0.4, 0.5) is 0 Å². The molecule has 5 atom stereocenters. The van der Waals surface area contributed by atoms with E-state index in [0.29, 0.717) is 0 Å². The summed E-state index contributed by atoms with van der Waals surface area (Å²) in [6.07, 6.45) is -9.63. The van der Waals surface area contributed by atoms with Crippen LogP contribution >= 0.6 is 0 Å². The van der Waals surface area contributed by atoms with E-state index in [1.807, 2.05) is 0 Å². The van der Waals surface area contributed by atoms with Crippen molar-refractivity contribution in [1.82, 2.24) is 5.32 Å². The van der Waals surface area contributed by atoms with Crippen LogP contribution in [-0.2, 0) is 11.3 Å². The highest BCUT2D eigenvalue weighted by Gasteiger charge is 2.36. The van der Waals surface area contributed by atoms with Gasteiger partial charge in [-0.3, -0.25) is 4.79 Å². The summed E-state index contributed by atoms with van der Waals surface area (Å²) in [6.45, 7) is -0.734. The number of carbonyl (C=O) groups excluding carboxylic acids is 1. The number of benzene rings is 1. The number of hydrogen-bond donors (Lipinski definition) is 7. The number of nitrogens with one attached hydrogen (secondary N) is 1. The van der Waals surface area contributed by atoms with Gasteiger partial charge in [0.25, 0.3) is 5.91 Å². The molecule has 0 spiro atoms. The molecule has 0 saturated heterocycles. The smallest absolute Gasteiger partial charge is 0.251 e. The third-order valence-electron chi connectivity index (χ3n) is 3.18. The minimum absolute atomic E-state index is 0.112. The Labute approximate surface area is 127 Å². The number of aliphatic hydroxyl groups is 6. The second-order valence-electron chi connectivity index (χ2n) is 4.87. The summed E-state index contributed by atoms with van der Waals surface area (Å²) in [7, 11) is 0. The first-order valence-electron chi connectivity index (χ1n) is 6.71. The molecule has 1 aromatic rings. The molecule has 0 bridgehead atoms. The molecule has 0 unspecified atom stereocenters. The van der Waals surface area contributed by atoms with Gasteiger partial charge in [-0.1, -0.05) is 30.3 Å². The highest BCUT2D eigenvalue weighted by atomic mass is 16.4. The standard InChI is InChI=1S/C14H21NO7/c16-7-9(17)10(18)11(19)12(20)13(21)14(22)15-6-8-4-2-1-3-5-8/h1-5,9-13,16-21H,6-7H2,(H,15,22)/t9-,10-,11+,12-,13-/m1/s1. The van der Waals surface area contributed by atoms with Crippen LogP contribution in [0.15, 0.2) is 30.3 Å². The van der Waals surface area contributed by atoms with Crippen LogP contribution in [0, 0.1) is 0 Å². The Morgan fingerprint density at radius 3 is 2.09 bits per heavy atom. The summed E-state index contributed by atoms with van der Waals surface area (Å²) in [6, 6.07) is 8.83. The fourth-order valence-electron chi connectivity index (χ4n) is 1.77. The molecule has 0 saturated carbocycles. The molecule has 8 nitrogen and oxygen atoms in total. The molecule has 1 aromatic carbocycles. The number of carbonyl (C=O) groups is 1. The van der Waals surface area contributed by atoms with Gasteiger partial charge in [0.15, 0.2) is 6.10 Å². The molecular weight excluding hydrogens is 294 g/mol. The summed E-state index contributed by atoms with van der Waals surface area (Å²) in [5.41, 5.74) is 0.772. The SMILES string of the molecule is O=C(NCc1ccccc1)[C@H](O)[C@H](O)[C@@H](O)[C@H](O)[C@H](O)CO. The zero-order valence-corrected chi connectivity index (χ0v) is 11.8. The van der Waals surface area contributed by atoms with Gasteiger partial charge in [0.1, 0.15) is 24.4 Å². The zero-order valence-electron chi connectivity index (χ0n) is 11.8. The Balaban J connectivity index is 2.54. The van der Waals surface area contributed by atoms with E-state index in [1.165, 1.54) is 0 Å². The fourth-order valence-corrected chi connectivity index (χ4v) is 1.77. The molecule has 0 aliphatic carbocycles. The first-order chi connectivity index (χ1) is 10.4. The number of amides is 1. The van der Waals surface area contributed by atoms with Crippen LogP contribution in [0.25, 0.3) is 0 Å². The lowest BCUT2D eigenvalue weighted by Crippen LogP contribution is -2.53. The quantitative estimate of drug-likeness (QED) is 0.272. The Kier molecular flexibility index (Phi) is 7.39. The molecule has 0 aromatic heterocycles. The Morgan fingerprint density at radius 1 is 0.955 bits per heavy atom. The van der Waals surface area contributed by atoms with E-state index in [1.54, 1.807) is 30.3 Å². The maximum atomic E-state index is 11.7. The van der Waals surface area contributed by atoms with Crippen molar-refractivity contribution in [2.75, 3.05) is 6.61 Å². The summed E-state index contributed by atoms with van der Waals surface area (Å²) < 4.78 is 0. The van der Waals surface area contributed by atoms with Crippen LogP contribution in [0.2, 0.25) is 0 Å². The molecule has 0 aliphatic heterocycles. The minimum atomic E-state index is -2.02. The molecule has 0 heterocycles. The normalized spacial score (nSPS) is 18.1. The van der Waals surface area contributed by atoms with Gasteiger partial charge in [-0.05, 0) is 5.56 Å². The fraction of sp³-hybridized carbons (Fsp3) is 0.500. The number of aliphatic hydroxyl groups excluding tert-OH is 6. The van der Waals surface area contributed by atoms with E-state index in [-0.39, 0.29) is 6.54 Å². The van der Waals surface area contributed by atoms with Crippen LogP contribution in [0.5, 0.6) is 0 Å². The van der Waals surface area contributed by atoms with Gasteiger partial charge >= 0.3 is 0 Å². The highest BCUT2D eigenvalue weighted by molar-refractivity contribution is 5.81. The lowest BCUT2D eigenvalue weighted by Gasteiger charge is -2.27. The molecule has 0 radical (unpaired) electrons. The van der Waals surface area contributed by atoms with Crippen LogP contribution in [0.3, 0.4) is 0 Å². The molecule has 1 rings (SSSR count). The van der Waals surface area contributed by atoms with E-state index < -0.39 is 43.0 Å². The first-order valence-corrected chi connectivity index (χ1v) is 6.71. The van der Waals surface area contributed by atoms with Gasteiger partial charge in [-0.15, -0.1) is 0 Å². The van der Waals surface area contributed by atoms with Crippen molar-refractivity contribution in [2.24, 2.45) is 0 Å². The molecule has 1 amide bonds. The lowest BCUT2D eigenvalue weighted by molar-refractivity contribution is -0.157. The van der Waals surface area contributed by atoms with Gasteiger partial charge in [0, 0.05) is 6.54 Å². The Bertz CT molecular complexity index is 456. The molecule has 124 valence electrons. The van der Waals surface area contributed by atoms with Crippen LogP contribution < -0.4 is 5.32 Å². The van der Waals surface area contributed by atoms with Gasteiger partial charge in [-0.25, -0.2) is 0 Å². The van der Waals surface area contributed by atoms with Crippen molar-refractivity contribution in [2.45, 2.75) is 37.1 Å². The zero-order chi connectivity index (χ0) is 16.7. The second kappa shape index (κ2) is 8.79. The van der Waals surface area contributed by atoms with E-state index in [9.17, 15) is 25.2 Å². The molecule has 0 aliphatic rings. The summed E-state index contributed by atoms with van der Waals surface area (Å²) in [5.74, 6) is -0.943. The van der Waals surface area contributed by atoms with Crippen molar-refractivity contribution < 1.29 is 35.4 Å². The Morgan fingerprint density at radius 2 is 1.55 bits per heavy atom. The van der Waals surface area contributed by atoms with Gasteiger partial charge in [-0.2, -0.15) is 0 Å². The van der Waals surface area contributed by atoms with E-state index >= 15 is 0 Å². The van der Waals surface area contributed by atoms with Gasteiger partial charge in [0.2, 0.25) is 0 Å². The van der Waals surface area contributed by atoms with Crippen LogP contribution in [0.1, 0.15) is 5.56 Å². The minimum Gasteiger partial charge on any atom is -0.394 e. The average molecular weight is 315 g/mol. The number of hydrogen-bond acceptors (Lipinski definition) is 7. The first kappa shape index (κ1) is 18.5. The molecule has 22 heavy (non-hydrogen) atoms. The molecule has 7 N–H and O–H groups in total. The van der Waals surface area contributed by atoms with E-state index in [0.717, 1.165) is 5.56 Å². The maximum absolute atomic E-state index is 11.7. The lowest BCUT2D eigenvalue weighted by atomic mass is 9.99. The third-order valence-corrected chi connectivity index (χ3v) is 3.18. The van der Waals surface area contributed by atoms with E-state index in [2.05, 4.69) is 5.32 Å². The predicted octanol–water partition coefficient (Wildman–Crippen LogP) is -2.90. The molecule has 0 fully saturated rings. The largest absolute Gasteiger partial charge is 0.394 e. The number of rotatable bonds is 8. The van der Waals surface area contributed by atoms with Gasteiger partial charge < -0.3 is 36.0 Å². The monoisotopic (exact) mass is 315 g/mol. The van der Waals surface area contributed by atoms with E-state index in [4.69, 9.17) is 10.2 Å². The molecule has 8 heteroatoms. The van der Waals surface area contributed by atoms with Crippen molar-refractivity contribution in [3.8, 4) is 0 Å². The Hall–Kier alpha value is -1.55. The van der Waals surface area contributed by atoms with Crippen LogP contribution in [-0.4, -0.2) is 73.7 Å². The second-order valence-corrected chi connectivity index (χ2v) is 4.87. The topological polar surface area (TPSA) is 150 Å². The predicted molar refractivity (Wildman–Crippen MR) is 75.4 cm³/mol. The third kappa shape index (κ3) is 5.02. The van der Waals surface area contributed by atoms with Crippen molar-refractivity contribution in [1.29, 1.82) is 0 Å². The summed E-state index contributed by atoms with van der Waals surface area (Å²) in [4.78, 5) is 11.7. The van der Waals surface area contributed by atoms with Crippen molar-refractivity contribution in [3.63, 3.8) is 0 Å². The average Bonchev–Trinajstić information content (AvgIpc) is 2.56. The maximum Gasteiger partial charge on any atom is 0.251 e. The van der Waals surface area contributed by atoms with Crippen molar-refractivity contribution >= 4 is 5.91 Å². The highest BCUT2D eigenvalue weighted by Crippen LogP contribution is 2.09. The molecular formula is C14H21NO7.